The number of rotatable bonds is 4. The highest BCUT2D eigenvalue weighted by atomic mass is 32.1. The Balaban J connectivity index is 2.34. The van der Waals surface area contributed by atoms with E-state index in [1.165, 1.54) is 0 Å². The van der Waals surface area contributed by atoms with Crippen LogP contribution in [0.2, 0.25) is 0 Å². The van der Waals surface area contributed by atoms with E-state index in [-0.39, 0.29) is 0 Å². The van der Waals surface area contributed by atoms with Crippen LogP contribution in [0.5, 0.6) is 5.75 Å². The zero-order valence-corrected chi connectivity index (χ0v) is 11.5. The SMILES string of the molecule is CCn1c(N(C)c2ccc(OC)cc2)n[nH]c1=S. The summed E-state index contributed by atoms with van der Waals surface area (Å²) in [7, 11) is 3.61. The highest BCUT2D eigenvalue weighted by Gasteiger charge is 2.11. The average molecular weight is 264 g/mol. The number of benzene rings is 1. The summed E-state index contributed by atoms with van der Waals surface area (Å²) in [6.07, 6.45) is 0. The van der Waals surface area contributed by atoms with E-state index < -0.39 is 0 Å². The van der Waals surface area contributed by atoms with Crippen molar-refractivity contribution >= 4 is 23.9 Å². The predicted molar refractivity (Wildman–Crippen MR) is 74.1 cm³/mol. The molecule has 2 rings (SSSR count). The minimum Gasteiger partial charge on any atom is -0.497 e. The molecule has 0 atom stereocenters. The van der Waals surface area contributed by atoms with Crippen molar-refractivity contribution in [3.05, 3.63) is 29.0 Å². The minimum absolute atomic E-state index is 0.632. The number of hydrogen-bond donors (Lipinski definition) is 1. The number of nitrogens with one attached hydrogen (secondary N) is 1. The van der Waals surface area contributed by atoms with Gasteiger partial charge in [-0.2, -0.15) is 0 Å². The number of methoxy groups -OCH3 is 1. The second-order valence-corrected chi connectivity index (χ2v) is 4.22. The molecule has 0 fully saturated rings. The third-order valence-corrected chi connectivity index (χ3v) is 3.13. The largest absolute Gasteiger partial charge is 0.497 e. The number of ether oxygens (including phenoxy) is 1. The smallest absolute Gasteiger partial charge is 0.229 e. The Kier molecular flexibility index (Phi) is 3.66. The maximum absolute atomic E-state index is 5.18. The average Bonchev–Trinajstić information content (AvgIpc) is 2.79. The van der Waals surface area contributed by atoms with Gasteiger partial charge in [-0.3, -0.25) is 4.57 Å². The van der Waals surface area contributed by atoms with E-state index in [1.54, 1.807) is 7.11 Å². The minimum atomic E-state index is 0.632. The van der Waals surface area contributed by atoms with Gasteiger partial charge < -0.3 is 9.64 Å². The molecular weight excluding hydrogens is 248 g/mol. The molecule has 0 aliphatic rings. The molecule has 0 radical (unpaired) electrons. The molecule has 0 aliphatic carbocycles. The molecule has 0 amide bonds. The molecule has 0 saturated heterocycles. The molecular formula is C12H16N4OS. The van der Waals surface area contributed by atoms with Crippen LogP contribution in [0.15, 0.2) is 24.3 Å². The number of aromatic amines is 1. The molecule has 1 heterocycles. The van der Waals surface area contributed by atoms with Gasteiger partial charge in [0.1, 0.15) is 5.75 Å². The Morgan fingerprint density at radius 1 is 1.39 bits per heavy atom. The molecule has 96 valence electrons. The van der Waals surface area contributed by atoms with Crippen molar-refractivity contribution in [2.24, 2.45) is 0 Å². The van der Waals surface area contributed by atoms with E-state index in [0.29, 0.717) is 4.77 Å². The van der Waals surface area contributed by atoms with Gasteiger partial charge in [0.15, 0.2) is 4.77 Å². The third kappa shape index (κ3) is 2.24. The molecule has 0 spiro atoms. The van der Waals surface area contributed by atoms with Gasteiger partial charge in [-0.25, -0.2) is 5.10 Å². The fourth-order valence-corrected chi connectivity index (χ4v) is 2.03. The van der Waals surface area contributed by atoms with Gasteiger partial charge in [-0.1, -0.05) is 0 Å². The van der Waals surface area contributed by atoms with E-state index in [4.69, 9.17) is 17.0 Å². The number of nitrogens with zero attached hydrogens (tertiary/aromatic N) is 3. The lowest BCUT2D eigenvalue weighted by atomic mass is 10.3. The second-order valence-electron chi connectivity index (χ2n) is 3.83. The zero-order chi connectivity index (χ0) is 13.1. The van der Waals surface area contributed by atoms with Crippen molar-refractivity contribution in [2.75, 3.05) is 19.1 Å². The van der Waals surface area contributed by atoms with Crippen molar-refractivity contribution in [1.82, 2.24) is 14.8 Å². The summed E-state index contributed by atoms with van der Waals surface area (Å²) in [6.45, 7) is 2.82. The molecule has 1 aromatic heterocycles. The molecule has 1 N–H and O–H groups in total. The van der Waals surface area contributed by atoms with Crippen LogP contribution < -0.4 is 9.64 Å². The van der Waals surface area contributed by atoms with Crippen LogP contribution >= 0.6 is 12.2 Å². The first kappa shape index (κ1) is 12.6. The highest BCUT2D eigenvalue weighted by molar-refractivity contribution is 7.71. The Bertz CT molecular complexity index is 573. The van der Waals surface area contributed by atoms with E-state index >= 15 is 0 Å². The molecule has 0 bridgehead atoms. The quantitative estimate of drug-likeness (QED) is 0.863. The Hall–Kier alpha value is -1.82. The van der Waals surface area contributed by atoms with Gasteiger partial charge >= 0.3 is 0 Å². The van der Waals surface area contributed by atoms with Crippen LogP contribution in [-0.2, 0) is 6.54 Å². The molecule has 2 aromatic rings. The lowest BCUT2D eigenvalue weighted by molar-refractivity contribution is 0.415. The van der Waals surface area contributed by atoms with E-state index in [9.17, 15) is 0 Å². The van der Waals surface area contributed by atoms with Gasteiger partial charge in [0.25, 0.3) is 0 Å². The van der Waals surface area contributed by atoms with Gasteiger partial charge in [0.05, 0.1) is 7.11 Å². The summed E-state index contributed by atoms with van der Waals surface area (Å²) in [4.78, 5) is 1.98. The summed E-state index contributed by atoms with van der Waals surface area (Å²) in [6, 6.07) is 7.81. The summed E-state index contributed by atoms with van der Waals surface area (Å²) in [5, 5.41) is 7.06. The van der Waals surface area contributed by atoms with Crippen LogP contribution in [0.4, 0.5) is 11.6 Å². The van der Waals surface area contributed by atoms with Crippen molar-refractivity contribution in [1.29, 1.82) is 0 Å². The lowest BCUT2D eigenvalue weighted by Crippen LogP contribution is -2.15. The second kappa shape index (κ2) is 5.22. The number of H-pyrrole nitrogens is 1. The maximum Gasteiger partial charge on any atom is 0.229 e. The van der Waals surface area contributed by atoms with Crippen molar-refractivity contribution in [2.45, 2.75) is 13.5 Å². The van der Waals surface area contributed by atoms with Crippen molar-refractivity contribution in [3.8, 4) is 5.75 Å². The Morgan fingerprint density at radius 2 is 2.06 bits per heavy atom. The van der Waals surface area contributed by atoms with Gasteiger partial charge in [-0.05, 0) is 43.4 Å². The zero-order valence-electron chi connectivity index (χ0n) is 10.7. The molecule has 6 heteroatoms. The topological polar surface area (TPSA) is 46.1 Å². The summed E-state index contributed by atoms with van der Waals surface area (Å²) in [5.74, 6) is 1.63. The van der Waals surface area contributed by atoms with Crippen molar-refractivity contribution < 1.29 is 4.74 Å². The van der Waals surface area contributed by atoms with Crippen LogP contribution in [0.25, 0.3) is 0 Å². The summed E-state index contributed by atoms with van der Waals surface area (Å²) in [5.41, 5.74) is 1.03. The predicted octanol–water partition coefficient (Wildman–Crippen LogP) is 2.74. The van der Waals surface area contributed by atoms with Crippen molar-refractivity contribution in [3.63, 3.8) is 0 Å². The van der Waals surface area contributed by atoms with Gasteiger partial charge in [0.2, 0.25) is 5.95 Å². The molecule has 0 aliphatic heterocycles. The summed E-state index contributed by atoms with van der Waals surface area (Å²) < 4.78 is 7.72. The van der Waals surface area contributed by atoms with Gasteiger partial charge in [0, 0.05) is 19.3 Å². The number of hydrogen-bond acceptors (Lipinski definition) is 4. The van der Waals surface area contributed by atoms with Crippen LogP contribution in [-0.4, -0.2) is 28.9 Å². The van der Waals surface area contributed by atoms with E-state index in [0.717, 1.165) is 23.9 Å². The summed E-state index contributed by atoms with van der Waals surface area (Å²) >= 11 is 5.18. The number of aromatic nitrogens is 3. The lowest BCUT2D eigenvalue weighted by Gasteiger charge is -2.18. The van der Waals surface area contributed by atoms with Crippen LogP contribution in [0.1, 0.15) is 6.92 Å². The highest BCUT2D eigenvalue weighted by Crippen LogP contribution is 2.24. The molecule has 5 nitrogen and oxygen atoms in total. The fraction of sp³-hybridized carbons (Fsp3) is 0.333. The normalized spacial score (nSPS) is 10.4. The Morgan fingerprint density at radius 3 is 2.61 bits per heavy atom. The van der Waals surface area contributed by atoms with Gasteiger partial charge in [-0.15, -0.1) is 5.10 Å². The first-order chi connectivity index (χ1) is 8.67. The molecule has 0 unspecified atom stereocenters. The molecule has 18 heavy (non-hydrogen) atoms. The first-order valence-electron chi connectivity index (χ1n) is 5.70. The molecule has 1 aromatic carbocycles. The standard InChI is InChI=1S/C12H16N4OS/c1-4-16-11(13-14-12(16)18)15(2)9-5-7-10(17-3)8-6-9/h5-8H,4H2,1-3H3,(H,14,18). The number of anilines is 2. The third-order valence-electron chi connectivity index (χ3n) is 2.81. The van der Waals surface area contributed by atoms with Crippen LogP contribution in [0, 0.1) is 4.77 Å². The monoisotopic (exact) mass is 264 g/mol. The fourth-order valence-electron chi connectivity index (χ4n) is 1.77. The van der Waals surface area contributed by atoms with Crippen LogP contribution in [0.3, 0.4) is 0 Å². The first-order valence-corrected chi connectivity index (χ1v) is 6.11. The maximum atomic E-state index is 5.18. The Labute approximate surface area is 111 Å². The van der Waals surface area contributed by atoms with E-state index in [2.05, 4.69) is 10.2 Å². The van der Waals surface area contributed by atoms with E-state index in [1.807, 2.05) is 47.7 Å². The molecule has 0 saturated carbocycles.